The number of nitrogens with zero attached hydrogens (tertiary/aromatic N) is 4. The van der Waals surface area contributed by atoms with Crippen molar-refractivity contribution in [3.8, 4) is 11.5 Å². The monoisotopic (exact) mass is 679 g/mol. The van der Waals surface area contributed by atoms with Crippen LogP contribution in [-0.4, -0.2) is 68.2 Å². The van der Waals surface area contributed by atoms with Crippen LogP contribution in [-0.2, 0) is 15.8 Å². The third-order valence-corrected chi connectivity index (χ3v) is 8.38. The maximum atomic E-state index is 13.7. The van der Waals surface area contributed by atoms with E-state index in [0.717, 1.165) is 43.1 Å². The topological polar surface area (TPSA) is 168 Å². The molecule has 1 saturated heterocycles. The fraction of sp³-hybridized carbons (Fsp3) is 0.364. The second-order valence-corrected chi connectivity index (χ2v) is 11.8. The lowest BCUT2D eigenvalue weighted by molar-refractivity contribution is -0.142. The van der Waals surface area contributed by atoms with Gasteiger partial charge in [-0.1, -0.05) is 25.7 Å². The normalized spacial score (nSPS) is 16.3. The van der Waals surface area contributed by atoms with Gasteiger partial charge in [0.1, 0.15) is 11.7 Å². The Kier molecular flexibility index (Phi) is 9.47. The smallest absolute Gasteiger partial charge is 0.433 e. The van der Waals surface area contributed by atoms with Crippen LogP contribution in [0.1, 0.15) is 88.3 Å². The Balaban J connectivity index is 0.897. The first kappa shape index (κ1) is 33.4. The molecule has 0 radical (unpaired) electrons. The number of unbranched alkanes of at least 4 members (excludes halogenated alkanes) is 5. The van der Waals surface area contributed by atoms with E-state index in [-0.39, 0.29) is 46.8 Å². The van der Waals surface area contributed by atoms with E-state index in [1.54, 1.807) is 18.2 Å². The van der Waals surface area contributed by atoms with Gasteiger partial charge in [0.2, 0.25) is 11.8 Å². The van der Waals surface area contributed by atoms with E-state index < -0.39 is 47.4 Å². The van der Waals surface area contributed by atoms with Crippen LogP contribution in [0.4, 0.5) is 18.9 Å². The molecule has 1 aromatic carbocycles. The van der Waals surface area contributed by atoms with Gasteiger partial charge < -0.3 is 15.1 Å². The Morgan fingerprint density at radius 1 is 0.939 bits per heavy atom. The summed E-state index contributed by atoms with van der Waals surface area (Å²) in [5.74, 6) is -2.61. The number of benzene rings is 1. The zero-order chi connectivity index (χ0) is 34.7. The van der Waals surface area contributed by atoms with Crippen molar-refractivity contribution in [1.29, 1.82) is 0 Å². The van der Waals surface area contributed by atoms with Gasteiger partial charge in [0.25, 0.3) is 17.7 Å². The summed E-state index contributed by atoms with van der Waals surface area (Å²) in [6.07, 6.45) is 1.94. The van der Waals surface area contributed by atoms with E-state index in [0.29, 0.717) is 29.7 Å². The van der Waals surface area contributed by atoms with Crippen molar-refractivity contribution in [2.24, 2.45) is 0 Å². The summed E-state index contributed by atoms with van der Waals surface area (Å²) >= 11 is 0. The van der Waals surface area contributed by atoms with Crippen molar-refractivity contribution >= 4 is 40.9 Å². The molecule has 2 aliphatic rings. The van der Waals surface area contributed by atoms with Crippen LogP contribution in [0.25, 0.3) is 17.1 Å². The maximum Gasteiger partial charge on any atom is 0.433 e. The number of hydrogen-bond acceptors (Lipinski definition) is 9. The minimum atomic E-state index is -4.73. The molecule has 3 N–H and O–H groups in total. The number of carbonyl (C=O) groups excluding carboxylic acids is 5. The van der Waals surface area contributed by atoms with Gasteiger partial charge in [-0.15, -0.1) is 0 Å². The number of fused-ring (bicyclic) bond motifs is 2. The number of alkyl halides is 3. The summed E-state index contributed by atoms with van der Waals surface area (Å²) in [4.78, 5) is 67.3. The van der Waals surface area contributed by atoms with Crippen LogP contribution in [0.3, 0.4) is 0 Å². The van der Waals surface area contributed by atoms with Crippen molar-refractivity contribution < 1.29 is 41.6 Å². The Labute approximate surface area is 277 Å². The summed E-state index contributed by atoms with van der Waals surface area (Å²) in [5, 5.41) is 12.0. The number of nitrogens with one attached hydrogen (secondary N) is 3. The molecule has 1 unspecified atom stereocenters. The van der Waals surface area contributed by atoms with Gasteiger partial charge in [0.05, 0.1) is 17.4 Å². The molecule has 256 valence electrons. The second kappa shape index (κ2) is 13.9. The van der Waals surface area contributed by atoms with Crippen molar-refractivity contribution in [2.45, 2.75) is 63.6 Å². The molecule has 49 heavy (non-hydrogen) atoms. The highest BCUT2D eigenvalue weighted by atomic mass is 19.4. The predicted molar refractivity (Wildman–Crippen MR) is 167 cm³/mol. The third kappa shape index (κ3) is 7.17. The Morgan fingerprint density at radius 3 is 2.39 bits per heavy atom. The highest BCUT2D eigenvalue weighted by Gasteiger charge is 2.44. The van der Waals surface area contributed by atoms with Crippen LogP contribution < -0.4 is 16.0 Å². The number of furan rings is 1. The van der Waals surface area contributed by atoms with Gasteiger partial charge in [-0.25, -0.2) is 9.50 Å². The minimum absolute atomic E-state index is 0.0232. The first-order valence-corrected chi connectivity index (χ1v) is 15.9. The Hall–Kier alpha value is -5.54. The lowest BCUT2D eigenvalue weighted by Crippen LogP contribution is -2.54. The molecule has 1 fully saturated rings. The molecule has 5 heterocycles. The van der Waals surface area contributed by atoms with Gasteiger partial charge in [-0.2, -0.15) is 18.3 Å². The molecule has 2 aliphatic heterocycles. The lowest BCUT2D eigenvalue weighted by atomic mass is 10.0. The molecular formula is C33H32F3N7O6. The number of amides is 5. The SMILES string of the molecule is O=C1CCC(N2C(=O)c3ccc(NCCCCCCCCNC(=O)c4cc5nc(-c6ccco6)cc(C(F)(F)F)n5n4)cc3C2=O)C(=O)N1. The van der Waals surface area contributed by atoms with E-state index in [1.165, 1.54) is 24.5 Å². The summed E-state index contributed by atoms with van der Waals surface area (Å²) in [6.45, 7) is 0.979. The number of hydrogen-bond donors (Lipinski definition) is 3. The lowest BCUT2D eigenvalue weighted by Gasteiger charge is -2.27. The largest absolute Gasteiger partial charge is 0.463 e. The first-order chi connectivity index (χ1) is 23.5. The van der Waals surface area contributed by atoms with Crippen LogP contribution >= 0.6 is 0 Å². The van der Waals surface area contributed by atoms with Crippen molar-refractivity contribution in [3.05, 3.63) is 71.2 Å². The Morgan fingerprint density at radius 2 is 1.67 bits per heavy atom. The quantitative estimate of drug-likeness (QED) is 0.135. The fourth-order valence-corrected chi connectivity index (χ4v) is 5.90. The summed E-state index contributed by atoms with van der Waals surface area (Å²) < 4.78 is 47.0. The number of carbonyl (C=O) groups is 5. The van der Waals surface area contributed by atoms with Crippen LogP contribution in [0.2, 0.25) is 0 Å². The van der Waals surface area contributed by atoms with Gasteiger partial charge in [0, 0.05) is 31.3 Å². The second-order valence-electron chi connectivity index (χ2n) is 11.8. The molecular weight excluding hydrogens is 647 g/mol. The molecule has 0 bridgehead atoms. The molecule has 6 rings (SSSR count). The molecule has 3 aromatic heterocycles. The number of halogens is 3. The van der Waals surface area contributed by atoms with E-state index in [2.05, 4.69) is 26.0 Å². The van der Waals surface area contributed by atoms with Crippen molar-refractivity contribution in [1.82, 2.24) is 30.1 Å². The van der Waals surface area contributed by atoms with Gasteiger partial charge in [-0.05, 0) is 55.7 Å². The number of aromatic nitrogens is 3. The van der Waals surface area contributed by atoms with Crippen molar-refractivity contribution in [2.75, 3.05) is 18.4 Å². The molecule has 4 aromatic rings. The number of imide groups is 2. The number of rotatable bonds is 13. The molecule has 0 aliphatic carbocycles. The predicted octanol–water partition coefficient (Wildman–Crippen LogP) is 4.59. The molecule has 13 nitrogen and oxygen atoms in total. The zero-order valence-electron chi connectivity index (χ0n) is 26.1. The minimum Gasteiger partial charge on any atom is -0.463 e. The number of anilines is 1. The Bertz CT molecular complexity index is 1920. The average molecular weight is 680 g/mol. The molecule has 1 atom stereocenters. The average Bonchev–Trinajstić information content (AvgIpc) is 3.81. The maximum absolute atomic E-state index is 13.7. The highest BCUT2D eigenvalue weighted by Crippen LogP contribution is 2.33. The standard InChI is InChI=1S/C33H32F3N7O6/c34-33(35,36)26-17-22(25-8-7-15-49-25)39-27-18-23(41-43(26)27)29(45)38-14-6-4-2-1-3-5-13-37-19-9-10-20-21(16-19)32(48)42(31(20)47)24-11-12-28(44)40-30(24)46/h7-10,15-18,24,37H,1-6,11-14H2,(H,38,45)(H,40,44,46). The van der Waals surface area contributed by atoms with Gasteiger partial charge in [-0.3, -0.25) is 34.2 Å². The van der Waals surface area contributed by atoms with E-state index in [1.807, 2.05) is 0 Å². The van der Waals surface area contributed by atoms with Gasteiger partial charge >= 0.3 is 6.18 Å². The summed E-state index contributed by atoms with van der Waals surface area (Å²) in [6, 6.07) is 8.94. The molecule has 16 heteroatoms. The third-order valence-electron chi connectivity index (χ3n) is 8.38. The van der Waals surface area contributed by atoms with E-state index in [4.69, 9.17) is 4.42 Å². The highest BCUT2D eigenvalue weighted by molar-refractivity contribution is 6.23. The summed E-state index contributed by atoms with van der Waals surface area (Å²) in [5.41, 5.74) is -0.280. The van der Waals surface area contributed by atoms with Gasteiger partial charge in [0.15, 0.2) is 22.8 Å². The zero-order valence-corrected chi connectivity index (χ0v) is 26.1. The van der Waals surface area contributed by atoms with E-state index >= 15 is 0 Å². The van der Waals surface area contributed by atoms with Crippen LogP contribution in [0.15, 0.2) is 53.1 Å². The van der Waals surface area contributed by atoms with Crippen LogP contribution in [0, 0.1) is 0 Å². The molecule has 0 spiro atoms. The first-order valence-electron chi connectivity index (χ1n) is 15.9. The van der Waals surface area contributed by atoms with Crippen LogP contribution in [0.5, 0.6) is 0 Å². The molecule has 0 saturated carbocycles. The van der Waals surface area contributed by atoms with Crippen molar-refractivity contribution in [3.63, 3.8) is 0 Å². The molecule has 5 amide bonds. The fourth-order valence-electron chi connectivity index (χ4n) is 5.90. The number of piperidine rings is 1. The summed E-state index contributed by atoms with van der Waals surface area (Å²) in [7, 11) is 0. The van der Waals surface area contributed by atoms with E-state index in [9.17, 15) is 37.1 Å².